The SMILES string of the molecule is CCC(C)CC(CBr)(CBr)c1ccc(C)cc1. The third-order valence-corrected chi connectivity index (χ3v) is 5.76. The first-order chi connectivity index (χ1) is 8.07. The van der Waals surface area contributed by atoms with Crippen LogP contribution in [0.1, 0.15) is 37.8 Å². The predicted octanol–water partition coefficient (Wildman–Crippen LogP) is 5.46. The molecule has 0 nitrogen and oxygen atoms in total. The summed E-state index contributed by atoms with van der Waals surface area (Å²) in [6.07, 6.45) is 2.47. The Hall–Kier alpha value is 0.180. The molecule has 0 amide bonds. The Morgan fingerprint density at radius 3 is 2.06 bits per heavy atom. The maximum Gasteiger partial charge on any atom is 0.0149 e. The minimum atomic E-state index is 0.225. The zero-order valence-corrected chi connectivity index (χ0v) is 14.1. The van der Waals surface area contributed by atoms with E-state index in [-0.39, 0.29) is 5.41 Å². The van der Waals surface area contributed by atoms with Crippen molar-refractivity contribution >= 4 is 31.9 Å². The van der Waals surface area contributed by atoms with Gasteiger partial charge in [0.1, 0.15) is 0 Å². The van der Waals surface area contributed by atoms with Crippen LogP contribution in [0.3, 0.4) is 0 Å². The van der Waals surface area contributed by atoms with Crippen molar-refractivity contribution in [3.05, 3.63) is 35.4 Å². The highest BCUT2D eigenvalue weighted by Gasteiger charge is 2.31. The Bertz CT molecular complexity index is 325. The van der Waals surface area contributed by atoms with Gasteiger partial charge in [0.15, 0.2) is 0 Å². The van der Waals surface area contributed by atoms with Crippen molar-refractivity contribution in [3.8, 4) is 0 Å². The summed E-state index contributed by atoms with van der Waals surface area (Å²) in [5.41, 5.74) is 3.00. The number of benzene rings is 1. The Morgan fingerprint density at radius 1 is 1.12 bits per heavy atom. The molecule has 1 aromatic carbocycles. The lowest BCUT2D eigenvalue weighted by molar-refractivity contribution is 0.387. The molecular weight excluding hydrogens is 340 g/mol. The van der Waals surface area contributed by atoms with E-state index in [4.69, 9.17) is 0 Å². The molecule has 0 spiro atoms. The summed E-state index contributed by atoms with van der Waals surface area (Å²) in [7, 11) is 0. The zero-order valence-electron chi connectivity index (χ0n) is 11.0. The number of aryl methyl sites for hydroxylation is 1. The molecule has 0 aliphatic rings. The summed E-state index contributed by atoms with van der Waals surface area (Å²) < 4.78 is 0. The van der Waals surface area contributed by atoms with Gasteiger partial charge in [0.2, 0.25) is 0 Å². The van der Waals surface area contributed by atoms with Crippen molar-refractivity contribution in [1.82, 2.24) is 0 Å². The maximum absolute atomic E-state index is 3.72. The second kappa shape index (κ2) is 6.94. The molecule has 1 unspecified atom stereocenters. The average molecular weight is 362 g/mol. The van der Waals surface area contributed by atoms with Crippen LogP contribution >= 0.6 is 31.9 Å². The summed E-state index contributed by atoms with van der Waals surface area (Å²) in [4.78, 5) is 0. The largest absolute Gasteiger partial charge is 0.0918 e. The number of hydrogen-bond acceptors (Lipinski definition) is 0. The van der Waals surface area contributed by atoms with Gasteiger partial charge in [-0.1, -0.05) is 82.0 Å². The van der Waals surface area contributed by atoms with Gasteiger partial charge in [-0.2, -0.15) is 0 Å². The van der Waals surface area contributed by atoms with Crippen LogP contribution in [0.5, 0.6) is 0 Å². The molecule has 0 aliphatic heterocycles. The first-order valence-electron chi connectivity index (χ1n) is 6.27. The molecule has 0 saturated heterocycles. The van der Waals surface area contributed by atoms with Gasteiger partial charge in [-0.3, -0.25) is 0 Å². The molecule has 1 atom stereocenters. The van der Waals surface area contributed by atoms with Crippen molar-refractivity contribution in [3.63, 3.8) is 0 Å². The molecule has 0 aromatic heterocycles. The van der Waals surface area contributed by atoms with Crippen molar-refractivity contribution in [2.45, 2.75) is 39.0 Å². The molecule has 2 heteroatoms. The maximum atomic E-state index is 3.72. The fraction of sp³-hybridized carbons (Fsp3) is 0.600. The Balaban J connectivity index is 3.01. The van der Waals surface area contributed by atoms with Crippen LogP contribution < -0.4 is 0 Å². The molecule has 1 aromatic rings. The van der Waals surface area contributed by atoms with E-state index in [1.807, 2.05) is 0 Å². The number of halogens is 2. The van der Waals surface area contributed by atoms with Crippen LogP contribution in [-0.2, 0) is 5.41 Å². The molecular formula is C15H22Br2. The monoisotopic (exact) mass is 360 g/mol. The summed E-state index contributed by atoms with van der Waals surface area (Å²) in [5, 5.41) is 2.03. The number of hydrogen-bond donors (Lipinski definition) is 0. The van der Waals surface area contributed by atoms with E-state index in [2.05, 4.69) is 76.9 Å². The fourth-order valence-electron chi connectivity index (χ4n) is 2.14. The second-order valence-corrected chi connectivity index (χ2v) is 6.25. The van der Waals surface area contributed by atoms with Crippen LogP contribution in [0.2, 0.25) is 0 Å². The number of alkyl halides is 2. The zero-order chi connectivity index (χ0) is 12.9. The van der Waals surface area contributed by atoms with Crippen LogP contribution in [0.4, 0.5) is 0 Å². The molecule has 0 bridgehead atoms. The Labute approximate surface area is 122 Å². The van der Waals surface area contributed by atoms with Gasteiger partial charge in [-0.05, 0) is 24.8 Å². The van der Waals surface area contributed by atoms with Crippen molar-refractivity contribution < 1.29 is 0 Å². The molecule has 0 saturated carbocycles. The minimum Gasteiger partial charge on any atom is -0.0918 e. The minimum absolute atomic E-state index is 0.225. The molecule has 0 fully saturated rings. The van der Waals surface area contributed by atoms with Crippen molar-refractivity contribution in [2.75, 3.05) is 10.7 Å². The first-order valence-corrected chi connectivity index (χ1v) is 8.51. The van der Waals surface area contributed by atoms with Gasteiger partial charge in [0.05, 0.1) is 0 Å². The summed E-state index contributed by atoms with van der Waals surface area (Å²) in [6, 6.07) is 8.98. The third kappa shape index (κ3) is 3.82. The van der Waals surface area contributed by atoms with Crippen LogP contribution in [0.25, 0.3) is 0 Å². The highest BCUT2D eigenvalue weighted by atomic mass is 79.9. The van der Waals surface area contributed by atoms with E-state index in [1.54, 1.807) is 0 Å². The van der Waals surface area contributed by atoms with Gasteiger partial charge in [-0.15, -0.1) is 0 Å². The first kappa shape index (κ1) is 15.2. The number of rotatable bonds is 6. The fourth-order valence-corrected chi connectivity index (χ4v) is 4.17. The molecule has 0 radical (unpaired) electrons. The molecule has 0 aliphatic carbocycles. The molecule has 0 heterocycles. The van der Waals surface area contributed by atoms with Crippen LogP contribution in [-0.4, -0.2) is 10.7 Å². The summed E-state index contributed by atoms with van der Waals surface area (Å²) in [6.45, 7) is 6.75. The van der Waals surface area contributed by atoms with Crippen LogP contribution in [0.15, 0.2) is 24.3 Å². The topological polar surface area (TPSA) is 0 Å². The summed E-state index contributed by atoms with van der Waals surface area (Å²) in [5.74, 6) is 0.756. The Kier molecular flexibility index (Phi) is 6.22. The lowest BCUT2D eigenvalue weighted by Gasteiger charge is -2.33. The molecule has 96 valence electrons. The van der Waals surface area contributed by atoms with Crippen LogP contribution in [0, 0.1) is 12.8 Å². The van der Waals surface area contributed by atoms with Gasteiger partial charge in [0, 0.05) is 16.1 Å². The average Bonchev–Trinajstić information content (AvgIpc) is 2.37. The van der Waals surface area contributed by atoms with E-state index in [1.165, 1.54) is 24.0 Å². The van der Waals surface area contributed by atoms with E-state index in [0.717, 1.165) is 16.6 Å². The van der Waals surface area contributed by atoms with Gasteiger partial charge >= 0.3 is 0 Å². The lowest BCUT2D eigenvalue weighted by atomic mass is 9.76. The normalized spacial score (nSPS) is 13.7. The molecule has 17 heavy (non-hydrogen) atoms. The lowest BCUT2D eigenvalue weighted by Crippen LogP contribution is -2.32. The van der Waals surface area contributed by atoms with E-state index in [9.17, 15) is 0 Å². The smallest absolute Gasteiger partial charge is 0.0149 e. The third-order valence-electron chi connectivity index (χ3n) is 3.61. The quantitative estimate of drug-likeness (QED) is 0.590. The van der Waals surface area contributed by atoms with E-state index in [0.29, 0.717) is 0 Å². The second-order valence-electron chi connectivity index (χ2n) is 5.13. The van der Waals surface area contributed by atoms with Gasteiger partial charge in [-0.25, -0.2) is 0 Å². The van der Waals surface area contributed by atoms with Gasteiger partial charge < -0.3 is 0 Å². The standard InChI is InChI=1S/C15H22Br2/c1-4-12(2)9-15(10-16,11-17)14-7-5-13(3)6-8-14/h5-8,12H,4,9-11H2,1-3H3. The van der Waals surface area contributed by atoms with Crippen molar-refractivity contribution in [2.24, 2.45) is 5.92 Å². The van der Waals surface area contributed by atoms with Crippen molar-refractivity contribution in [1.29, 1.82) is 0 Å². The highest BCUT2D eigenvalue weighted by molar-refractivity contribution is 9.09. The predicted molar refractivity (Wildman–Crippen MR) is 84.5 cm³/mol. The highest BCUT2D eigenvalue weighted by Crippen LogP contribution is 2.36. The van der Waals surface area contributed by atoms with E-state index >= 15 is 0 Å². The molecule has 0 N–H and O–H groups in total. The van der Waals surface area contributed by atoms with E-state index < -0.39 is 0 Å². The summed E-state index contributed by atoms with van der Waals surface area (Å²) >= 11 is 7.43. The molecule has 1 rings (SSSR count). The Morgan fingerprint density at radius 2 is 1.65 bits per heavy atom. The van der Waals surface area contributed by atoms with Gasteiger partial charge in [0.25, 0.3) is 0 Å².